The molecule has 270 valence electrons. The molecule has 0 fully saturated rings. The molecule has 0 saturated heterocycles. The van der Waals surface area contributed by atoms with Gasteiger partial charge in [-0.25, -0.2) is 0 Å². The van der Waals surface area contributed by atoms with Crippen LogP contribution in [0, 0.1) is 0 Å². The molecule has 0 unspecified atom stereocenters. The molecule has 1 aliphatic carbocycles. The van der Waals surface area contributed by atoms with Gasteiger partial charge in [0.25, 0.3) is 0 Å². The minimum absolute atomic E-state index is 0.220. The lowest BCUT2D eigenvalue weighted by atomic mass is 9.82. The summed E-state index contributed by atoms with van der Waals surface area (Å²) < 4.78 is 2.46. The zero-order chi connectivity index (χ0) is 38.1. The van der Waals surface area contributed by atoms with Gasteiger partial charge in [-0.3, -0.25) is 0 Å². The summed E-state index contributed by atoms with van der Waals surface area (Å²) in [5, 5.41) is 5.08. The second-order valence-electron chi connectivity index (χ2n) is 15.8. The second-order valence-corrected chi connectivity index (χ2v) is 15.8. The molecule has 9 aromatic carbocycles. The Bertz CT molecular complexity index is 3030. The Balaban J connectivity index is 1.02. The van der Waals surface area contributed by atoms with Crippen LogP contribution in [0.5, 0.6) is 0 Å². The first kappa shape index (κ1) is 33.2. The van der Waals surface area contributed by atoms with Crippen molar-refractivity contribution in [2.45, 2.75) is 19.3 Å². The number of anilines is 3. The van der Waals surface area contributed by atoms with Crippen LogP contribution in [0.2, 0.25) is 0 Å². The minimum Gasteiger partial charge on any atom is -0.310 e. The summed E-state index contributed by atoms with van der Waals surface area (Å²) in [6, 6.07) is 75.6. The maximum Gasteiger partial charge on any atom is 0.0547 e. The van der Waals surface area contributed by atoms with E-state index >= 15 is 0 Å². The van der Waals surface area contributed by atoms with Gasteiger partial charge in [-0.05, 0) is 122 Å². The number of nitrogens with zero attached hydrogens (tertiary/aromatic N) is 2. The van der Waals surface area contributed by atoms with Gasteiger partial charge in [0.15, 0.2) is 0 Å². The highest BCUT2D eigenvalue weighted by Gasteiger charge is 2.36. The fourth-order valence-electron chi connectivity index (χ4n) is 9.24. The molecular formula is C55H40N2. The van der Waals surface area contributed by atoms with Crippen LogP contribution in [0.15, 0.2) is 206 Å². The molecule has 0 radical (unpaired) electrons. The smallest absolute Gasteiger partial charge is 0.0547 e. The van der Waals surface area contributed by atoms with Gasteiger partial charge in [-0.2, -0.15) is 0 Å². The van der Waals surface area contributed by atoms with Crippen LogP contribution in [0.3, 0.4) is 0 Å². The van der Waals surface area contributed by atoms with Crippen molar-refractivity contribution in [3.05, 3.63) is 217 Å². The highest BCUT2D eigenvalue weighted by atomic mass is 15.1. The largest absolute Gasteiger partial charge is 0.310 e. The van der Waals surface area contributed by atoms with Crippen LogP contribution >= 0.6 is 0 Å². The third-order valence-electron chi connectivity index (χ3n) is 12.2. The zero-order valence-electron chi connectivity index (χ0n) is 32.0. The van der Waals surface area contributed by atoms with Gasteiger partial charge >= 0.3 is 0 Å². The lowest BCUT2D eigenvalue weighted by molar-refractivity contribution is 0.660. The first-order valence-corrected chi connectivity index (χ1v) is 19.8. The highest BCUT2D eigenvalue weighted by Crippen LogP contribution is 2.52. The number of para-hydroxylation sites is 1. The SMILES string of the molecule is CC1(C)c2cc(N(c3ccc(-c4ccccc4)cc3)c3ccc(-c4ccccc4)cc3)ccc2-c2ccc(-n3c4ccccc4c4cc5ccccc5cc43)cc21. The van der Waals surface area contributed by atoms with Crippen molar-refractivity contribution in [1.29, 1.82) is 0 Å². The van der Waals surface area contributed by atoms with Crippen LogP contribution in [0.4, 0.5) is 17.1 Å². The lowest BCUT2D eigenvalue weighted by Crippen LogP contribution is -2.17. The maximum absolute atomic E-state index is 2.46. The first-order chi connectivity index (χ1) is 28.0. The third kappa shape index (κ3) is 5.40. The van der Waals surface area contributed by atoms with Crippen LogP contribution in [0.1, 0.15) is 25.0 Å². The number of aromatic nitrogens is 1. The van der Waals surface area contributed by atoms with E-state index in [0.717, 1.165) is 17.1 Å². The van der Waals surface area contributed by atoms with Gasteiger partial charge in [0.05, 0.1) is 11.0 Å². The van der Waals surface area contributed by atoms with E-state index in [9.17, 15) is 0 Å². The fraction of sp³-hybridized carbons (Fsp3) is 0.0545. The standard InChI is InChI=1S/C55H40N2/c1-55(2)51-35-45(56(43-25-21-39(22-26-43)37-13-5-3-6-14-37)44-27-23-40(24-28-44)38-15-7-4-8-16-38)29-31-47(51)48-32-30-46(36-52(48)55)57-53-20-12-11-19-49(53)50-33-41-17-9-10-18-42(41)34-54(50)57/h3-36H,1-2H3. The van der Waals surface area contributed by atoms with E-state index in [1.54, 1.807) is 0 Å². The van der Waals surface area contributed by atoms with E-state index in [1.807, 2.05) is 0 Å². The molecule has 0 atom stereocenters. The van der Waals surface area contributed by atoms with Crippen molar-refractivity contribution < 1.29 is 0 Å². The molecule has 1 aliphatic rings. The average molecular weight is 729 g/mol. The van der Waals surface area contributed by atoms with Gasteiger partial charge in [0.1, 0.15) is 0 Å². The Hall–Kier alpha value is -7.16. The average Bonchev–Trinajstić information content (AvgIpc) is 3.71. The van der Waals surface area contributed by atoms with Gasteiger partial charge in [-0.15, -0.1) is 0 Å². The number of hydrogen-bond acceptors (Lipinski definition) is 1. The van der Waals surface area contributed by atoms with Gasteiger partial charge in [-0.1, -0.05) is 153 Å². The fourth-order valence-corrected chi connectivity index (χ4v) is 9.24. The third-order valence-corrected chi connectivity index (χ3v) is 12.2. The molecule has 0 amide bonds. The van der Waals surface area contributed by atoms with Gasteiger partial charge in [0, 0.05) is 38.9 Å². The number of fused-ring (bicyclic) bond motifs is 7. The zero-order valence-corrected chi connectivity index (χ0v) is 32.0. The van der Waals surface area contributed by atoms with E-state index in [0.29, 0.717) is 0 Å². The molecule has 2 heteroatoms. The van der Waals surface area contributed by atoms with Crippen molar-refractivity contribution in [3.63, 3.8) is 0 Å². The Morgan fingerprint density at radius 2 is 0.860 bits per heavy atom. The molecule has 1 aromatic heterocycles. The van der Waals surface area contributed by atoms with Crippen molar-refractivity contribution in [1.82, 2.24) is 4.57 Å². The van der Waals surface area contributed by atoms with E-state index in [2.05, 4.69) is 230 Å². The molecule has 57 heavy (non-hydrogen) atoms. The number of rotatable bonds is 6. The molecular weight excluding hydrogens is 689 g/mol. The molecule has 10 aromatic rings. The predicted molar refractivity (Wildman–Crippen MR) is 241 cm³/mol. The van der Waals surface area contributed by atoms with E-state index in [-0.39, 0.29) is 5.41 Å². The molecule has 11 rings (SSSR count). The van der Waals surface area contributed by atoms with E-state index in [1.165, 1.54) is 82.8 Å². The molecule has 0 saturated carbocycles. The lowest BCUT2D eigenvalue weighted by Gasteiger charge is -2.28. The van der Waals surface area contributed by atoms with Crippen molar-refractivity contribution >= 4 is 49.6 Å². The van der Waals surface area contributed by atoms with Crippen LogP contribution in [-0.2, 0) is 5.41 Å². The second kappa shape index (κ2) is 13.0. The van der Waals surface area contributed by atoms with Crippen LogP contribution in [-0.4, -0.2) is 4.57 Å². The van der Waals surface area contributed by atoms with Gasteiger partial charge < -0.3 is 9.47 Å². The summed E-state index contributed by atoms with van der Waals surface area (Å²) in [7, 11) is 0. The Kier molecular flexibility index (Phi) is 7.55. The van der Waals surface area contributed by atoms with Crippen molar-refractivity contribution in [3.8, 4) is 39.1 Å². The Morgan fingerprint density at radius 3 is 1.49 bits per heavy atom. The van der Waals surface area contributed by atoms with Crippen LogP contribution < -0.4 is 4.90 Å². The van der Waals surface area contributed by atoms with Gasteiger partial charge in [0.2, 0.25) is 0 Å². The molecule has 0 N–H and O–H groups in total. The van der Waals surface area contributed by atoms with Crippen molar-refractivity contribution in [2.24, 2.45) is 0 Å². The summed E-state index contributed by atoms with van der Waals surface area (Å²) in [5.74, 6) is 0. The first-order valence-electron chi connectivity index (χ1n) is 19.8. The number of hydrogen-bond donors (Lipinski definition) is 0. The monoisotopic (exact) mass is 728 g/mol. The normalized spacial score (nSPS) is 12.9. The topological polar surface area (TPSA) is 8.17 Å². The van der Waals surface area contributed by atoms with Crippen molar-refractivity contribution in [2.75, 3.05) is 4.90 Å². The summed E-state index contributed by atoms with van der Waals surface area (Å²) in [6.07, 6.45) is 0. The maximum atomic E-state index is 2.46. The van der Waals surface area contributed by atoms with Crippen LogP contribution in [0.25, 0.3) is 71.6 Å². The van der Waals surface area contributed by atoms with E-state index < -0.39 is 0 Å². The quantitative estimate of drug-likeness (QED) is 0.165. The Labute approximate surface area is 333 Å². The minimum atomic E-state index is -0.220. The Morgan fingerprint density at radius 1 is 0.368 bits per heavy atom. The number of benzene rings is 9. The summed E-state index contributed by atoms with van der Waals surface area (Å²) >= 11 is 0. The highest BCUT2D eigenvalue weighted by molar-refractivity contribution is 6.13. The summed E-state index contributed by atoms with van der Waals surface area (Å²) in [6.45, 7) is 4.77. The van der Waals surface area contributed by atoms with E-state index in [4.69, 9.17) is 0 Å². The molecule has 2 nitrogen and oxygen atoms in total. The molecule has 1 heterocycles. The summed E-state index contributed by atoms with van der Waals surface area (Å²) in [4.78, 5) is 2.40. The molecule has 0 aliphatic heterocycles. The predicted octanol–water partition coefficient (Wildman–Crippen LogP) is 15.0. The summed E-state index contributed by atoms with van der Waals surface area (Å²) in [5.41, 5.74) is 17.0. The molecule has 0 bridgehead atoms. The molecule has 0 spiro atoms.